The van der Waals surface area contributed by atoms with Crippen molar-refractivity contribution in [1.29, 1.82) is 0 Å². The largest absolute Gasteiger partial charge is 0.377 e. The van der Waals surface area contributed by atoms with E-state index >= 15 is 0 Å². The number of ether oxygens (including phenoxy) is 1. The first-order valence-electron chi connectivity index (χ1n) is 7.34. The molecule has 1 atom stereocenters. The Balaban J connectivity index is 2.25. The van der Waals surface area contributed by atoms with E-state index < -0.39 is 0 Å². The molecule has 3 nitrogen and oxygen atoms in total. The van der Waals surface area contributed by atoms with Crippen LogP contribution in [0.25, 0.3) is 0 Å². The molecule has 1 aromatic rings. The Morgan fingerprint density at radius 1 is 1.45 bits per heavy atom. The van der Waals surface area contributed by atoms with Crippen molar-refractivity contribution in [1.82, 2.24) is 5.32 Å². The van der Waals surface area contributed by atoms with Crippen molar-refractivity contribution in [3.8, 4) is 0 Å². The van der Waals surface area contributed by atoms with E-state index in [0.717, 1.165) is 18.7 Å². The molecule has 0 radical (unpaired) electrons. The van der Waals surface area contributed by atoms with Crippen LogP contribution >= 0.6 is 0 Å². The lowest BCUT2D eigenvalue weighted by atomic mass is 10.00. The van der Waals surface area contributed by atoms with Gasteiger partial charge >= 0.3 is 0 Å². The Hall–Kier alpha value is -1.13. The molecular formula is C16H25FN2O. The first-order valence-corrected chi connectivity index (χ1v) is 7.34. The van der Waals surface area contributed by atoms with Gasteiger partial charge in [0, 0.05) is 12.6 Å². The molecule has 1 N–H and O–H groups in total. The molecule has 1 aliphatic heterocycles. The van der Waals surface area contributed by atoms with Crippen LogP contribution in [0.4, 0.5) is 10.1 Å². The van der Waals surface area contributed by atoms with Crippen LogP contribution in [0.15, 0.2) is 18.2 Å². The summed E-state index contributed by atoms with van der Waals surface area (Å²) in [5.41, 5.74) is 1.48. The first kappa shape index (κ1) is 15.3. The number of hydrogen-bond donors (Lipinski definition) is 1. The molecule has 1 saturated heterocycles. The average molecular weight is 280 g/mol. The maximum atomic E-state index is 14.5. The molecule has 1 aromatic carbocycles. The van der Waals surface area contributed by atoms with Gasteiger partial charge in [-0.05, 0) is 45.0 Å². The van der Waals surface area contributed by atoms with Crippen LogP contribution in [0.2, 0.25) is 0 Å². The van der Waals surface area contributed by atoms with Crippen molar-refractivity contribution in [3.05, 3.63) is 29.6 Å². The van der Waals surface area contributed by atoms with Crippen LogP contribution in [0.3, 0.4) is 0 Å². The van der Waals surface area contributed by atoms with Crippen LogP contribution in [-0.2, 0) is 4.74 Å². The van der Waals surface area contributed by atoms with E-state index in [1.807, 2.05) is 12.1 Å². The van der Waals surface area contributed by atoms with Gasteiger partial charge in [0.05, 0.1) is 24.4 Å². The molecule has 1 unspecified atom stereocenters. The fourth-order valence-electron chi connectivity index (χ4n) is 2.74. The fourth-order valence-corrected chi connectivity index (χ4v) is 2.74. The molecule has 1 fully saturated rings. The standard InChI is InChI=1S/C16H25FN2O/c1-5-18-12(2)13-6-7-15(14(17)10-13)19-8-9-20-11-16(19,3)4/h6-7,10,12,18H,5,8-9,11H2,1-4H3. The predicted octanol–water partition coefficient (Wildman–Crippen LogP) is 3.11. The van der Waals surface area contributed by atoms with Crippen LogP contribution in [-0.4, -0.2) is 31.8 Å². The van der Waals surface area contributed by atoms with Crippen LogP contribution in [0.1, 0.15) is 39.3 Å². The Morgan fingerprint density at radius 3 is 2.80 bits per heavy atom. The minimum Gasteiger partial charge on any atom is -0.377 e. The molecule has 112 valence electrons. The Bertz CT molecular complexity index is 462. The maximum absolute atomic E-state index is 14.5. The molecular weight excluding hydrogens is 255 g/mol. The third-order valence-electron chi connectivity index (χ3n) is 3.92. The second-order valence-corrected chi connectivity index (χ2v) is 6.01. The van der Waals surface area contributed by atoms with E-state index in [4.69, 9.17) is 4.74 Å². The number of rotatable bonds is 4. The van der Waals surface area contributed by atoms with E-state index in [0.29, 0.717) is 18.9 Å². The number of morpholine rings is 1. The maximum Gasteiger partial charge on any atom is 0.146 e. The van der Waals surface area contributed by atoms with Crippen molar-refractivity contribution in [2.75, 3.05) is 31.2 Å². The predicted molar refractivity (Wildman–Crippen MR) is 80.7 cm³/mol. The number of halogens is 1. The highest BCUT2D eigenvalue weighted by Gasteiger charge is 2.32. The molecule has 0 aromatic heterocycles. The highest BCUT2D eigenvalue weighted by atomic mass is 19.1. The van der Waals surface area contributed by atoms with E-state index in [1.54, 1.807) is 6.07 Å². The molecule has 0 aliphatic carbocycles. The first-order chi connectivity index (χ1) is 9.45. The fraction of sp³-hybridized carbons (Fsp3) is 0.625. The summed E-state index contributed by atoms with van der Waals surface area (Å²) in [4.78, 5) is 2.10. The zero-order valence-corrected chi connectivity index (χ0v) is 12.9. The summed E-state index contributed by atoms with van der Waals surface area (Å²) in [7, 11) is 0. The molecule has 0 spiro atoms. The summed E-state index contributed by atoms with van der Waals surface area (Å²) in [5, 5.41) is 3.30. The van der Waals surface area contributed by atoms with Crippen LogP contribution < -0.4 is 10.2 Å². The van der Waals surface area contributed by atoms with E-state index in [-0.39, 0.29) is 17.4 Å². The van der Waals surface area contributed by atoms with Crippen molar-refractivity contribution in [3.63, 3.8) is 0 Å². The van der Waals surface area contributed by atoms with Gasteiger partial charge < -0.3 is 15.0 Å². The SMILES string of the molecule is CCNC(C)c1ccc(N2CCOCC2(C)C)c(F)c1. The highest BCUT2D eigenvalue weighted by Crippen LogP contribution is 2.30. The minimum atomic E-state index is -0.173. The summed E-state index contributed by atoms with van der Waals surface area (Å²) >= 11 is 0. The topological polar surface area (TPSA) is 24.5 Å². The van der Waals surface area contributed by atoms with Gasteiger partial charge in [-0.25, -0.2) is 4.39 Å². The third-order valence-corrected chi connectivity index (χ3v) is 3.92. The molecule has 0 saturated carbocycles. The smallest absolute Gasteiger partial charge is 0.146 e. The third kappa shape index (κ3) is 3.13. The summed E-state index contributed by atoms with van der Waals surface area (Å²) in [6, 6.07) is 5.72. The molecule has 2 rings (SSSR count). The molecule has 0 amide bonds. The van der Waals surface area contributed by atoms with Gasteiger partial charge in [-0.1, -0.05) is 13.0 Å². The normalized spacial score (nSPS) is 19.9. The second kappa shape index (κ2) is 6.10. The summed E-state index contributed by atoms with van der Waals surface area (Å²) in [6.45, 7) is 11.2. The molecule has 4 heteroatoms. The lowest BCUT2D eigenvalue weighted by Crippen LogP contribution is -2.53. The van der Waals surface area contributed by atoms with Crippen LogP contribution in [0, 0.1) is 5.82 Å². The lowest BCUT2D eigenvalue weighted by molar-refractivity contribution is 0.0640. The quantitative estimate of drug-likeness (QED) is 0.917. The number of hydrogen-bond acceptors (Lipinski definition) is 3. The van der Waals surface area contributed by atoms with Crippen molar-refractivity contribution < 1.29 is 9.13 Å². The molecule has 0 bridgehead atoms. The monoisotopic (exact) mass is 280 g/mol. The molecule has 20 heavy (non-hydrogen) atoms. The van der Waals surface area contributed by atoms with E-state index in [1.165, 1.54) is 0 Å². The van der Waals surface area contributed by atoms with Crippen molar-refractivity contribution in [2.45, 2.75) is 39.3 Å². The van der Waals surface area contributed by atoms with Crippen molar-refractivity contribution >= 4 is 5.69 Å². The second-order valence-electron chi connectivity index (χ2n) is 6.01. The van der Waals surface area contributed by atoms with Gasteiger partial charge in [-0.15, -0.1) is 0 Å². The number of benzene rings is 1. The minimum absolute atomic E-state index is 0.151. The summed E-state index contributed by atoms with van der Waals surface area (Å²) in [6.07, 6.45) is 0. The number of nitrogens with zero attached hydrogens (tertiary/aromatic N) is 1. The van der Waals surface area contributed by atoms with Gasteiger partial charge in [0.2, 0.25) is 0 Å². The van der Waals surface area contributed by atoms with Gasteiger partial charge in [0.1, 0.15) is 5.82 Å². The summed E-state index contributed by atoms with van der Waals surface area (Å²) < 4.78 is 20.0. The van der Waals surface area contributed by atoms with Gasteiger partial charge in [-0.2, -0.15) is 0 Å². The van der Waals surface area contributed by atoms with E-state index in [2.05, 4.69) is 37.9 Å². The Morgan fingerprint density at radius 2 is 2.20 bits per heavy atom. The van der Waals surface area contributed by atoms with Crippen molar-refractivity contribution in [2.24, 2.45) is 0 Å². The zero-order chi connectivity index (χ0) is 14.8. The summed E-state index contributed by atoms with van der Waals surface area (Å²) in [5.74, 6) is -0.151. The Labute approximate surface area is 121 Å². The number of anilines is 1. The zero-order valence-electron chi connectivity index (χ0n) is 12.9. The lowest BCUT2D eigenvalue weighted by Gasteiger charge is -2.44. The Kier molecular flexibility index (Phi) is 4.66. The van der Waals surface area contributed by atoms with Gasteiger partial charge in [-0.3, -0.25) is 0 Å². The van der Waals surface area contributed by atoms with Gasteiger partial charge in [0.25, 0.3) is 0 Å². The molecule has 1 aliphatic rings. The average Bonchev–Trinajstić information content (AvgIpc) is 2.39. The van der Waals surface area contributed by atoms with E-state index in [9.17, 15) is 4.39 Å². The van der Waals surface area contributed by atoms with Gasteiger partial charge in [0.15, 0.2) is 0 Å². The molecule has 1 heterocycles. The number of nitrogens with one attached hydrogen (secondary N) is 1. The highest BCUT2D eigenvalue weighted by molar-refractivity contribution is 5.52. The van der Waals surface area contributed by atoms with Crippen LogP contribution in [0.5, 0.6) is 0 Å².